The normalized spacial score (nSPS) is 23.2. The Morgan fingerprint density at radius 2 is 2.05 bits per heavy atom. The van der Waals surface area contributed by atoms with Crippen LogP contribution in [-0.2, 0) is 9.53 Å². The molecule has 2 aliphatic heterocycles. The summed E-state index contributed by atoms with van der Waals surface area (Å²) in [5.41, 5.74) is 1.15. The topological polar surface area (TPSA) is 45.7 Å². The molecular formula is C16H23N3O2. The van der Waals surface area contributed by atoms with Crippen LogP contribution in [-0.4, -0.2) is 48.6 Å². The Morgan fingerprint density at radius 1 is 1.24 bits per heavy atom. The number of likely N-dealkylation sites (tertiary alicyclic amines) is 1. The number of amides is 1. The second kappa shape index (κ2) is 6.43. The van der Waals surface area contributed by atoms with Crippen LogP contribution in [0.15, 0.2) is 18.3 Å². The first-order chi connectivity index (χ1) is 10.3. The molecule has 21 heavy (non-hydrogen) atoms. The number of piperidine rings is 1. The minimum Gasteiger partial charge on any atom is -0.378 e. The van der Waals surface area contributed by atoms with Gasteiger partial charge in [-0.3, -0.25) is 4.79 Å². The number of carbonyl (C=O) groups excluding carboxylic acids is 1. The van der Waals surface area contributed by atoms with Crippen molar-refractivity contribution in [2.45, 2.75) is 32.2 Å². The van der Waals surface area contributed by atoms with Gasteiger partial charge in [-0.15, -0.1) is 0 Å². The lowest BCUT2D eigenvalue weighted by atomic mass is 9.96. The van der Waals surface area contributed by atoms with Gasteiger partial charge in [0.2, 0.25) is 5.91 Å². The predicted molar refractivity (Wildman–Crippen MR) is 81.2 cm³/mol. The lowest BCUT2D eigenvalue weighted by Crippen LogP contribution is -2.37. The van der Waals surface area contributed by atoms with Gasteiger partial charge in [0.05, 0.1) is 19.3 Å². The van der Waals surface area contributed by atoms with Crippen molar-refractivity contribution in [3.8, 4) is 0 Å². The van der Waals surface area contributed by atoms with Crippen LogP contribution in [0.2, 0.25) is 0 Å². The van der Waals surface area contributed by atoms with Gasteiger partial charge in [-0.25, -0.2) is 4.98 Å². The molecule has 0 aromatic carbocycles. The van der Waals surface area contributed by atoms with Crippen molar-refractivity contribution in [2.75, 3.05) is 37.7 Å². The summed E-state index contributed by atoms with van der Waals surface area (Å²) >= 11 is 0. The highest BCUT2D eigenvalue weighted by atomic mass is 16.5. The minimum atomic E-state index is 0.164. The summed E-state index contributed by atoms with van der Waals surface area (Å²) in [6.45, 7) is 5.86. The molecule has 3 heterocycles. The van der Waals surface area contributed by atoms with Gasteiger partial charge in [-0.1, -0.05) is 6.07 Å². The van der Waals surface area contributed by atoms with Crippen molar-refractivity contribution in [1.29, 1.82) is 0 Å². The summed E-state index contributed by atoms with van der Waals surface area (Å²) in [7, 11) is 0. The van der Waals surface area contributed by atoms with Gasteiger partial charge in [0, 0.05) is 32.8 Å². The van der Waals surface area contributed by atoms with E-state index >= 15 is 0 Å². The number of nitrogens with zero attached hydrogens (tertiary/aromatic N) is 3. The highest BCUT2D eigenvalue weighted by molar-refractivity contribution is 5.74. The Morgan fingerprint density at radius 3 is 2.71 bits per heavy atom. The van der Waals surface area contributed by atoms with Crippen molar-refractivity contribution in [3.63, 3.8) is 0 Å². The molecular weight excluding hydrogens is 266 g/mol. The standard InChI is InChI=1S/C16H23N3O2/c1-13(20)19-7-3-2-4-15(19)14-5-6-16(17-12-14)18-8-10-21-11-9-18/h5-6,12,15H,2-4,7-11H2,1H3. The number of carbonyl (C=O) groups is 1. The highest BCUT2D eigenvalue weighted by Crippen LogP contribution is 2.31. The van der Waals surface area contributed by atoms with E-state index in [2.05, 4.69) is 22.0 Å². The molecule has 5 heteroatoms. The molecule has 0 saturated carbocycles. The Hall–Kier alpha value is -1.62. The van der Waals surface area contributed by atoms with Crippen LogP contribution in [0.25, 0.3) is 0 Å². The SMILES string of the molecule is CC(=O)N1CCCCC1c1ccc(N2CCOCC2)nc1. The molecule has 1 unspecified atom stereocenters. The third-order valence-corrected chi connectivity index (χ3v) is 4.40. The predicted octanol–water partition coefficient (Wildman–Crippen LogP) is 1.99. The average molecular weight is 289 g/mol. The van der Waals surface area contributed by atoms with E-state index in [1.807, 2.05) is 11.1 Å². The monoisotopic (exact) mass is 289 g/mol. The second-order valence-corrected chi connectivity index (χ2v) is 5.77. The van der Waals surface area contributed by atoms with E-state index in [0.717, 1.165) is 57.1 Å². The number of anilines is 1. The zero-order chi connectivity index (χ0) is 14.7. The zero-order valence-electron chi connectivity index (χ0n) is 12.6. The van der Waals surface area contributed by atoms with Gasteiger partial charge in [-0.05, 0) is 30.9 Å². The molecule has 1 aromatic rings. The first kappa shape index (κ1) is 14.3. The van der Waals surface area contributed by atoms with Crippen molar-refractivity contribution in [3.05, 3.63) is 23.9 Å². The van der Waals surface area contributed by atoms with Crippen LogP contribution in [0.3, 0.4) is 0 Å². The van der Waals surface area contributed by atoms with Crippen molar-refractivity contribution < 1.29 is 9.53 Å². The van der Waals surface area contributed by atoms with Crippen LogP contribution in [0.4, 0.5) is 5.82 Å². The number of pyridine rings is 1. The minimum absolute atomic E-state index is 0.164. The van der Waals surface area contributed by atoms with Gasteiger partial charge in [0.25, 0.3) is 0 Å². The quantitative estimate of drug-likeness (QED) is 0.835. The second-order valence-electron chi connectivity index (χ2n) is 5.77. The van der Waals surface area contributed by atoms with E-state index in [1.165, 1.54) is 6.42 Å². The van der Waals surface area contributed by atoms with Gasteiger partial charge in [0.15, 0.2) is 0 Å². The van der Waals surface area contributed by atoms with E-state index in [1.54, 1.807) is 6.92 Å². The molecule has 1 amide bonds. The lowest BCUT2D eigenvalue weighted by Gasteiger charge is -2.35. The summed E-state index contributed by atoms with van der Waals surface area (Å²) in [4.78, 5) is 20.6. The van der Waals surface area contributed by atoms with Gasteiger partial charge in [-0.2, -0.15) is 0 Å². The fourth-order valence-corrected chi connectivity index (χ4v) is 3.23. The highest BCUT2D eigenvalue weighted by Gasteiger charge is 2.26. The van der Waals surface area contributed by atoms with Crippen LogP contribution < -0.4 is 4.90 Å². The fourth-order valence-electron chi connectivity index (χ4n) is 3.23. The fraction of sp³-hybridized carbons (Fsp3) is 0.625. The first-order valence-electron chi connectivity index (χ1n) is 7.81. The van der Waals surface area contributed by atoms with Gasteiger partial charge >= 0.3 is 0 Å². The molecule has 1 aromatic heterocycles. The first-order valence-corrected chi connectivity index (χ1v) is 7.81. The van der Waals surface area contributed by atoms with Crippen LogP contribution in [0.5, 0.6) is 0 Å². The van der Waals surface area contributed by atoms with Crippen molar-refractivity contribution in [2.24, 2.45) is 0 Å². The summed E-state index contributed by atoms with van der Waals surface area (Å²) in [5.74, 6) is 1.17. The largest absolute Gasteiger partial charge is 0.378 e. The van der Waals surface area contributed by atoms with Crippen LogP contribution >= 0.6 is 0 Å². The Kier molecular flexibility index (Phi) is 4.39. The van der Waals surface area contributed by atoms with E-state index in [0.29, 0.717) is 0 Å². The molecule has 3 rings (SSSR count). The maximum Gasteiger partial charge on any atom is 0.219 e. The molecule has 0 N–H and O–H groups in total. The van der Waals surface area contributed by atoms with Gasteiger partial charge < -0.3 is 14.5 Å². The molecule has 0 bridgehead atoms. The zero-order valence-corrected chi connectivity index (χ0v) is 12.6. The molecule has 0 spiro atoms. The van der Waals surface area contributed by atoms with Crippen LogP contribution in [0, 0.1) is 0 Å². The number of aromatic nitrogens is 1. The maximum absolute atomic E-state index is 11.8. The molecule has 0 aliphatic carbocycles. The van der Waals surface area contributed by atoms with Crippen molar-refractivity contribution in [1.82, 2.24) is 9.88 Å². The average Bonchev–Trinajstić information content (AvgIpc) is 2.56. The van der Waals surface area contributed by atoms with E-state index in [9.17, 15) is 4.79 Å². The molecule has 5 nitrogen and oxygen atoms in total. The number of ether oxygens (including phenoxy) is 1. The maximum atomic E-state index is 11.8. The molecule has 114 valence electrons. The summed E-state index contributed by atoms with van der Waals surface area (Å²) in [6.07, 6.45) is 5.27. The Bertz CT molecular complexity index is 483. The molecule has 0 radical (unpaired) electrons. The van der Waals surface area contributed by atoms with E-state index in [4.69, 9.17) is 4.74 Å². The summed E-state index contributed by atoms with van der Waals surface area (Å²) in [5, 5.41) is 0. The molecule has 1 atom stereocenters. The third-order valence-electron chi connectivity index (χ3n) is 4.40. The van der Waals surface area contributed by atoms with Crippen LogP contribution in [0.1, 0.15) is 37.8 Å². The Balaban J connectivity index is 1.74. The number of morpholine rings is 1. The molecule has 2 aliphatic rings. The lowest BCUT2D eigenvalue weighted by molar-refractivity contribution is -0.132. The summed E-state index contributed by atoms with van der Waals surface area (Å²) in [6, 6.07) is 4.40. The number of hydrogen-bond donors (Lipinski definition) is 0. The number of hydrogen-bond acceptors (Lipinski definition) is 4. The van der Waals surface area contributed by atoms with Gasteiger partial charge in [0.1, 0.15) is 5.82 Å². The molecule has 2 fully saturated rings. The smallest absolute Gasteiger partial charge is 0.219 e. The third kappa shape index (κ3) is 3.18. The van der Waals surface area contributed by atoms with E-state index in [-0.39, 0.29) is 11.9 Å². The summed E-state index contributed by atoms with van der Waals surface area (Å²) < 4.78 is 5.37. The molecule has 2 saturated heterocycles. The Labute approximate surface area is 125 Å². The van der Waals surface area contributed by atoms with Crippen molar-refractivity contribution >= 4 is 11.7 Å². The number of rotatable bonds is 2. The van der Waals surface area contributed by atoms with E-state index < -0.39 is 0 Å².